The van der Waals surface area contributed by atoms with E-state index in [0.29, 0.717) is 18.5 Å². The number of nitrogens with one attached hydrogen (secondary N) is 1. The first-order chi connectivity index (χ1) is 8.60. The van der Waals surface area contributed by atoms with Crippen LogP contribution in [0.25, 0.3) is 10.1 Å². The van der Waals surface area contributed by atoms with Gasteiger partial charge in [0.2, 0.25) is 0 Å². The smallest absolute Gasteiger partial charge is 0.123 e. The summed E-state index contributed by atoms with van der Waals surface area (Å²) in [4.78, 5) is 1.22. The molecule has 0 spiro atoms. The normalized spacial score (nSPS) is 13.4. The third-order valence-electron chi connectivity index (χ3n) is 3.13. The van der Waals surface area contributed by atoms with Gasteiger partial charge >= 0.3 is 0 Å². The van der Waals surface area contributed by atoms with E-state index in [1.807, 2.05) is 12.1 Å². The molecule has 18 heavy (non-hydrogen) atoms. The van der Waals surface area contributed by atoms with Crippen LogP contribution in [0.2, 0.25) is 0 Å². The molecule has 2 aromatic rings. The maximum Gasteiger partial charge on any atom is 0.123 e. The number of hydrogen-bond acceptors (Lipinski definition) is 3. The molecule has 0 aliphatic carbocycles. The van der Waals surface area contributed by atoms with Crippen molar-refractivity contribution in [2.24, 2.45) is 11.7 Å². The Balaban J connectivity index is 2.08. The molecule has 98 valence electrons. The van der Waals surface area contributed by atoms with Crippen molar-refractivity contribution < 1.29 is 4.39 Å². The monoisotopic (exact) mass is 266 g/mol. The number of nitrogens with two attached hydrogens (primary N) is 1. The van der Waals surface area contributed by atoms with Crippen LogP contribution in [0.4, 0.5) is 4.39 Å². The number of fused-ring (bicyclic) bond motifs is 1. The lowest BCUT2D eigenvalue weighted by molar-refractivity contribution is 0.406. The van der Waals surface area contributed by atoms with E-state index < -0.39 is 0 Å². The molecular weight excluding hydrogens is 247 g/mol. The van der Waals surface area contributed by atoms with Crippen LogP contribution in [0, 0.1) is 11.7 Å². The summed E-state index contributed by atoms with van der Waals surface area (Å²) >= 11 is 1.70. The lowest BCUT2D eigenvalue weighted by Crippen LogP contribution is -2.39. The Morgan fingerprint density at radius 2 is 2.11 bits per heavy atom. The molecule has 1 aromatic carbocycles. The second-order valence-corrected chi connectivity index (χ2v) is 6.03. The Hall–Kier alpha value is -0.970. The predicted octanol–water partition coefficient (Wildman–Crippen LogP) is 3.11. The molecule has 0 bridgehead atoms. The van der Waals surface area contributed by atoms with E-state index in [9.17, 15) is 4.39 Å². The first kappa shape index (κ1) is 13.5. The van der Waals surface area contributed by atoms with E-state index in [2.05, 4.69) is 19.2 Å². The summed E-state index contributed by atoms with van der Waals surface area (Å²) in [5.41, 5.74) is 5.72. The molecule has 3 N–H and O–H groups in total. The minimum atomic E-state index is -0.179. The zero-order chi connectivity index (χ0) is 13.1. The zero-order valence-electron chi connectivity index (χ0n) is 10.7. The van der Waals surface area contributed by atoms with E-state index in [0.717, 1.165) is 16.6 Å². The molecule has 2 rings (SSSR count). The SMILES string of the molecule is CC(C)C(CN)NCc1cc2cc(F)ccc2s1. The van der Waals surface area contributed by atoms with E-state index in [1.165, 1.54) is 10.9 Å². The molecule has 0 saturated heterocycles. The highest BCUT2D eigenvalue weighted by molar-refractivity contribution is 7.19. The Kier molecular flexibility index (Phi) is 4.32. The summed E-state index contributed by atoms with van der Waals surface area (Å²) in [6, 6.07) is 7.29. The highest BCUT2D eigenvalue weighted by Crippen LogP contribution is 2.26. The van der Waals surface area contributed by atoms with E-state index in [-0.39, 0.29) is 5.82 Å². The lowest BCUT2D eigenvalue weighted by Gasteiger charge is -2.19. The van der Waals surface area contributed by atoms with E-state index in [1.54, 1.807) is 17.4 Å². The van der Waals surface area contributed by atoms with Crippen molar-refractivity contribution in [1.29, 1.82) is 0 Å². The highest BCUT2D eigenvalue weighted by atomic mass is 32.1. The van der Waals surface area contributed by atoms with Gasteiger partial charge in [-0.25, -0.2) is 4.39 Å². The summed E-state index contributed by atoms with van der Waals surface area (Å²) in [5, 5.41) is 4.43. The first-order valence-corrected chi connectivity index (χ1v) is 7.03. The fourth-order valence-corrected chi connectivity index (χ4v) is 2.97. The van der Waals surface area contributed by atoms with Crippen LogP contribution in [0.3, 0.4) is 0 Å². The van der Waals surface area contributed by atoms with Crippen LogP contribution in [-0.4, -0.2) is 12.6 Å². The predicted molar refractivity (Wildman–Crippen MR) is 76.3 cm³/mol. The average molecular weight is 266 g/mol. The summed E-state index contributed by atoms with van der Waals surface area (Å²) in [6.07, 6.45) is 0. The highest BCUT2D eigenvalue weighted by Gasteiger charge is 2.11. The van der Waals surface area contributed by atoms with E-state index in [4.69, 9.17) is 5.73 Å². The molecular formula is C14H19FN2S. The number of hydrogen-bond donors (Lipinski definition) is 2. The molecule has 0 amide bonds. The maximum atomic E-state index is 13.1. The molecule has 0 aliphatic heterocycles. The van der Waals surface area contributed by atoms with Gasteiger partial charge in [-0.1, -0.05) is 13.8 Å². The van der Waals surface area contributed by atoms with Gasteiger partial charge in [-0.2, -0.15) is 0 Å². The Bertz CT molecular complexity index is 521. The Morgan fingerprint density at radius 1 is 1.33 bits per heavy atom. The lowest BCUT2D eigenvalue weighted by atomic mass is 10.1. The van der Waals surface area contributed by atoms with Crippen LogP contribution < -0.4 is 11.1 Å². The second kappa shape index (κ2) is 5.78. The fraction of sp³-hybridized carbons (Fsp3) is 0.429. The third kappa shape index (κ3) is 3.07. The van der Waals surface area contributed by atoms with Crippen molar-refractivity contribution in [1.82, 2.24) is 5.32 Å². The molecule has 0 saturated carbocycles. The van der Waals surface area contributed by atoms with Crippen molar-refractivity contribution in [2.75, 3.05) is 6.54 Å². The minimum absolute atomic E-state index is 0.179. The summed E-state index contributed by atoms with van der Waals surface area (Å²) < 4.78 is 14.2. The van der Waals surface area contributed by atoms with Gasteiger partial charge in [0.25, 0.3) is 0 Å². The van der Waals surface area contributed by atoms with Crippen molar-refractivity contribution in [2.45, 2.75) is 26.4 Å². The summed E-state index contributed by atoms with van der Waals surface area (Å²) in [7, 11) is 0. The molecule has 1 heterocycles. The van der Waals surface area contributed by atoms with Crippen molar-refractivity contribution in [3.63, 3.8) is 0 Å². The van der Waals surface area contributed by atoms with Gasteiger partial charge < -0.3 is 11.1 Å². The third-order valence-corrected chi connectivity index (χ3v) is 4.24. The standard InChI is InChI=1S/C14H19FN2S/c1-9(2)13(7-16)17-8-12-6-10-5-11(15)3-4-14(10)18-12/h3-6,9,13,17H,7-8,16H2,1-2H3. The Morgan fingerprint density at radius 3 is 2.78 bits per heavy atom. The molecule has 0 radical (unpaired) electrons. The van der Waals surface area contributed by atoms with Gasteiger partial charge in [-0.05, 0) is 35.6 Å². The number of benzene rings is 1. The van der Waals surface area contributed by atoms with E-state index >= 15 is 0 Å². The largest absolute Gasteiger partial charge is 0.329 e. The minimum Gasteiger partial charge on any atom is -0.329 e. The molecule has 1 atom stereocenters. The summed E-state index contributed by atoms with van der Waals surface area (Å²) in [5.74, 6) is 0.337. The van der Waals surface area contributed by atoms with Gasteiger partial charge in [-0.3, -0.25) is 0 Å². The van der Waals surface area contributed by atoms with Gasteiger partial charge in [0, 0.05) is 28.7 Å². The van der Waals surface area contributed by atoms with Crippen LogP contribution in [0.15, 0.2) is 24.3 Å². The summed E-state index contributed by atoms with van der Waals surface area (Å²) in [6.45, 7) is 5.74. The van der Waals surface area contributed by atoms with Gasteiger partial charge in [-0.15, -0.1) is 11.3 Å². The fourth-order valence-electron chi connectivity index (χ4n) is 1.98. The molecule has 2 nitrogen and oxygen atoms in total. The Labute approximate surface area is 111 Å². The molecule has 0 aliphatic rings. The van der Waals surface area contributed by atoms with Gasteiger partial charge in [0.1, 0.15) is 5.82 Å². The van der Waals surface area contributed by atoms with Crippen molar-refractivity contribution in [3.8, 4) is 0 Å². The second-order valence-electron chi connectivity index (χ2n) is 4.86. The number of rotatable bonds is 5. The van der Waals surface area contributed by atoms with Crippen molar-refractivity contribution >= 4 is 21.4 Å². The van der Waals surface area contributed by atoms with Crippen molar-refractivity contribution in [3.05, 3.63) is 35.0 Å². The number of halogens is 1. The topological polar surface area (TPSA) is 38.0 Å². The zero-order valence-corrected chi connectivity index (χ0v) is 11.6. The van der Waals surface area contributed by atoms with Gasteiger partial charge in [0.15, 0.2) is 0 Å². The quantitative estimate of drug-likeness (QED) is 0.872. The van der Waals surface area contributed by atoms with Crippen LogP contribution in [-0.2, 0) is 6.54 Å². The number of thiophene rings is 1. The van der Waals surface area contributed by atoms with Gasteiger partial charge in [0.05, 0.1) is 0 Å². The van der Waals surface area contributed by atoms with Crippen LogP contribution in [0.5, 0.6) is 0 Å². The van der Waals surface area contributed by atoms with Crippen LogP contribution >= 0.6 is 11.3 Å². The molecule has 4 heteroatoms. The average Bonchev–Trinajstić information content (AvgIpc) is 2.71. The molecule has 1 unspecified atom stereocenters. The first-order valence-electron chi connectivity index (χ1n) is 6.21. The van der Waals surface area contributed by atoms with Crippen LogP contribution in [0.1, 0.15) is 18.7 Å². The molecule has 0 fully saturated rings. The molecule has 1 aromatic heterocycles. The maximum absolute atomic E-state index is 13.1.